The zero-order chi connectivity index (χ0) is 19.7. The Morgan fingerprint density at radius 1 is 0.964 bits per heavy atom. The summed E-state index contributed by atoms with van der Waals surface area (Å²) in [6.45, 7) is 1.18. The smallest absolute Gasteiger partial charge is 0.211 e. The van der Waals surface area contributed by atoms with Gasteiger partial charge in [0.1, 0.15) is 5.75 Å². The first kappa shape index (κ1) is 19.4. The van der Waals surface area contributed by atoms with Crippen LogP contribution in [0.15, 0.2) is 54.6 Å². The maximum Gasteiger partial charge on any atom is 0.211 e. The highest BCUT2D eigenvalue weighted by molar-refractivity contribution is 7.88. The van der Waals surface area contributed by atoms with Crippen molar-refractivity contribution in [2.45, 2.75) is 37.4 Å². The summed E-state index contributed by atoms with van der Waals surface area (Å²) in [6, 6.07) is 19.5. The third-order valence-electron chi connectivity index (χ3n) is 6.09. The Morgan fingerprint density at radius 3 is 2.39 bits per heavy atom. The van der Waals surface area contributed by atoms with Crippen LogP contribution in [0.2, 0.25) is 0 Å². The van der Waals surface area contributed by atoms with Crippen LogP contribution < -0.4 is 4.74 Å². The van der Waals surface area contributed by atoms with Gasteiger partial charge in [-0.2, -0.15) is 0 Å². The average Bonchev–Trinajstić information content (AvgIpc) is 2.95. The van der Waals surface area contributed by atoms with Crippen molar-refractivity contribution < 1.29 is 13.2 Å². The number of sulfonamides is 1. The zero-order valence-electron chi connectivity index (χ0n) is 16.5. The quantitative estimate of drug-likeness (QED) is 0.773. The third-order valence-corrected chi connectivity index (χ3v) is 7.36. The van der Waals surface area contributed by atoms with E-state index in [2.05, 4.69) is 41.3 Å². The average molecular weight is 401 g/mol. The Bertz CT molecular complexity index is 916. The summed E-state index contributed by atoms with van der Waals surface area (Å²) in [5.74, 6) is 0.846. The van der Waals surface area contributed by atoms with E-state index in [9.17, 15) is 8.42 Å². The number of methoxy groups -OCH3 is 1. The number of nitrogens with zero attached hydrogens (tertiary/aromatic N) is 2. The minimum atomic E-state index is -3.17. The highest BCUT2D eigenvalue weighted by atomic mass is 32.2. The van der Waals surface area contributed by atoms with E-state index in [1.165, 1.54) is 17.4 Å². The van der Waals surface area contributed by atoms with E-state index in [-0.39, 0.29) is 12.1 Å². The fourth-order valence-corrected chi connectivity index (χ4v) is 5.67. The van der Waals surface area contributed by atoms with Gasteiger partial charge in [0, 0.05) is 25.2 Å². The van der Waals surface area contributed by atoms with Crippen LogP contribution in [0.25, 0.3) is 0 Å². The molecule has 0 N–H and O–H groups in total. The van der Waals surface area contributed by atoms with Gasteiger partial charge in [-0.1, -0.05) is 42.5 Å². The molecule has 150 valence electrons. The second-order valence-corrected chi connectivity index (χ2v) is 9.81. The van der Waals surface area contributed by atoms with Gasteiger partial charge in [-0.25, -0.2) is 12.7 Å². The van der Waals surface area contributed by atoms with Gasteiger partial charge in [0.05, 0.1) is 19.4 Å². The molecule has 3 atom stereocenters. The minimum absolute atomic E-state index is 0.0910. The Hall–Kier alpha value is -1.89. The number of benzene rings is 2. The van der Waals surface area contributed by atoms with Gasteiger partial charge in [-0.05, 0) is 42.5 Å². The molecule has 2 fully saturated rings. The number of ether oxygens (including phenoxy) is 1. The van der Waals surface area contributed by atoms with Crippen LogP contribution in [-0.2, 0) is 10.0 Å². The number of hydrogen-bond acceptors (Lipinski definition) is 4. The second-order valence-electron chi connectivity index (χ2n) is 7.83. The Kier molecular flexibility index (Phi) is 5.45. The Labute approximate surface area is 168 Å². The van der Waals surface area contributed by atoms with Crippen LogP contribution >= 0.6 is 0 Å². The molecule has 2 aliphatic rings. The number of rotatable bonds is 5. The predicted octanol–water partition coefficient (Wildman–Crippen LogP) is 3.28. The lowest BCUT2D eigenvalue weighted by molar-refractivity contribution is 0.155. The fourth-order valence-electron chi connectivity index (χ4n) is 4.79. The maximum absolute atomic E-state index is 12.2. The first-order valence-corrected chi connectivity index (χ1v) is 11.7. The van der Waals surface area contributed by atoms with Crippen LogP contribution in [-0.4, -0.2) is 56.2 Å². The standard InChI is InChI=1S/C22H28N2O3S/c1-27-21-10-6-9-18(15-21)22(17-7-4-3-5-8-17)24-19-11-12-20(24)16-23(14-13-19)28(2,25)26/h3-10,15,19-20,22H,11-14,16H2,1-2H3/t19-,20-,22+/m1/s1. The minimum Gasteiger partial charge on any atom is -0.497 e. The van der Waals surface area contributed by atoms with Gasteiger partial charge in [0.15, 0.2) is 0 Å². The molecular weight excluding hydrogens is 372 g/mol. The van der Waals surface area contributed by atoms with Crippen LogP contribution in [0.5, 0.6) is 5.75 Å². The third kappa shape index (κ3) is 3.81. The maximum atomic E-state index is 12.2. The lowest BCUT2D eigenvalue weighted by atomic mass is 9.95. The lowest BCUT2D eigenvalue weighted by Gasteiger charge is -2.37. The molecule has 0 saturated carbocycles. The Balaban J connectivity index is 1.76. The first-order chi connectivity index (χ1) is 13.5. The van der Waals surface area contributed by atoms with Crippen molar-refractivity contribution in [2.24, 2.45) is 0 Å². The molecule has 0 aromatic heterocycles. The molecule has 2 aromatic carbocycles. The van der Waals surface area contributed by atoms with Crippen molar-refractivity contribution in [1.29, 1.82) is 0 Å². The number of fused-ring (bicyclic) bond motifs is 2. The molecule has 0 spiro atoms. The van der Waals surface area contributed by atoms with Gasteiger partial charge in [-0.3, -0.25) is 4.90 Å². The van der Waals surface area contributed by atoms with Crippen molar-refractivity contribution in [3.8, 4) is 5.75 Å². The van der Waals surface area contributed by atoms with Crippen LogP contribution in [0, 0.1) is 0 Å². The highest BCUT2D eigenvalue weighted by Crippen LogP contribution is 2.41. The van der Waals surface area contributed by atoms with Gasteiger partial charge in [0.25, 0.3) is 0 Å². The van der Waals surface area contributed by atoms with Gasteiger partial charge in [0.2, 0.25) is 10.0 Å². The molecule has 5 nitrogen and oxygen atoms in total. The molecule has 2 saturated heterocycles. The van der Waals surface area contributed by atoms with Crippen molar-refractivity contribution in [3.63, 3.8) is 0 Å². The zero-order valence-corrected chi connectivity index (χ0v) is 17.3. The highest BCUT2D eigenvalue weighted by Gasteiger charge is 2.43. The van der Waals surface area contributed by atoms with Gasteiger partial charge >= 0.3 is 0 Å². The SMILES string of the molecule is COc1cccc([C@H](c2ccccc2)N2[C@@H]3CC[C@@H]2CN(S(C)(=O)=O)CC3)c1. The molecule has 6 heteroatoms. The van der Waals surface area contributed by atoms with Crippen LogP contribution in [0.4, 0.5) is 0 Å². The molecule has 0 amide bonds. The van der Waals surface area contributed by atoms with Crippen molar-refractivity contribution >= 4 is 10.0 Å². The molecule has 2 heterocycles. The van der Waals surface area contributed by atoms with Crippen molar-refractivity contribution in [3.05, 3.63) is 65.7 Å². The largest absolute Gasteiger partial charge is 0.497 e. The van der Waals surface area contributed by atoms with Gasteiger partial charge in [-0.15, -0.1) is 0 Å². The summed E-state index contributed by atoms with van der Waals surface area (Å²) in [5.41, 5.74) is 2.43. The van der Waals surface area contributed by atoms with Crippen molar-refractivity contribution in [1.82, 2.24) is 9.21 Å². The summed E-state index contributed by atoms with van der Waals surface area (Å²) in [4.78, 5) is 2.56. The van der Waals surface area contributed by atoms with Crippen molar-refractivity contribution in [2.75, 3.05) is 26.5 Å². The molecule has 28 heavy (non-hydrogen) atoms. The normalized spacial score (nSPS) is 24.6. The van der Waals surface area contributed by atoms with Crippen LogP contribution in [0.3, 0.4) is 0 Å². The number of hydrogen-bond donors (Lipinski definition) is 0. The summed E-state index contributed by atoms with van der Waals surface area (Å²) >= 11 is 0. The Morgan fingerprint density at radius 2 is 1.68 bits per heavy atom. The van der Waals surface area contributed by atoms with Crippen LogP contribution in [0.1, 0.15) is 36.4 Å². The molecule has 0 aliphatic carbocycles. The lowest BCUT2D eigenvalue weighted by Crippen LogP contribution is -2.43. The van der Waals surface area contributed by atoms with E-state index in [0.717, 1.165) is 25.0 Å². The van der Waals surface area contributed by atoms with E-state index >= 15 is 0 Å². The summed E-state index contributed by atoms with van der Waals surface area (Å²) in [5, 5.41) is 0. The van der Waals surface area contributed by atoms with E-state index in [4.69, 9.17) is 4.74 Å². The summed E-state index contributed by atoms with van der Waals surface area (Å²) in [7, 11) is -1.48. The fraction of sp³-hybridized carbons (Fsp3) is 0.455. The van der Waals surface area contributed by atoms with E-state index in [0.29, 0.717) is 19.1 Å². The molecular formula is C22H28N2O3S. The predicted molar refractivity (Wildman–Crippen MR) is 111 cm³/mol. The summed E-state index contributed by atoms with van der Waals surface area (Å²) < 4.78 is 31.6. The topological polar surface area (TPSA) is 49.9 Å². The van der Waals surface area contributed by atoms with E-state index < -0.39 is 10.0 Å². The molecule has 2 aromatic rings. The molecule has 2 bridgehead atoms. The van der Waals surface area contributed by atoms with E-state index in [1.807, 2.05) is 18.2 Å². The molecule has 0 radical (unpaired) electrons. The molecule has 2 aliphatic heterocycles. The second kappa shape index (κ2) is 7.85. The first-order valence-electron chi connectivity index (χ1n) is 9.89. The molecule has 4 rings (SSSR count). The molecule has 0 unspecified atom stereocenters. The van der Waals surface area contributed by atoms with Gasteiger partial charge < -0.3 is 4.74 Å². The van der Waals surface area contributed by atoms with E-state index in [1.54, 1.807) is 11.4 Å². The monoisotopic (exact) mass is 400 g/mol. The summed E-state index contributed by atoms with van der Waals surface area (Å²) in [6.07, 6.45) is 4.35.